The Balaban J connectivity index is 1.52. The van der Waals surface area contributed by atoms with Gasteiger partial charge in [-0.05, 0) is 37.9 Å². The summed E-state index contributed by atoms with van der Waals surface area (Å²) in [4.78, 5) is 12.4. The minimum absolute atomic E-state index is 0.0388. The van der Waals surface area contributed by atoms with Gasteiger partial charge in [-0.15, -0.1) is 0 Å². The molecule has 0 saturated carbocycles. The summed E-state index contributed by atoms with van der Waals surface area (Å²) in [5.41, 5.74) is 1.41. The van der Waals surface area contributed by atoms with Gasteiger partial charge in [0, 0.05) is 23.7 Å². The van der Waals surface area contributed by atoms with Crippen molar-refractivity contribution in [1.29, 1.82) is 0 Å². The standard InChI is InChI=1S/C22H23NO3/c24-20-15-21(16-6-2-1-3-7-16)26-22-14-18(9-10-19(20)22)25-13-11-17-8-4-5-12-23-17/h1-3,6-7,9-10,14-15,17,23H,4-5,8,11-13H2. The zero-order valence-corrected chi connectivity index (χ0v) is 14.7. The molecule has 4 heteroatoms. The molecule has 134 valence electrons. The van der Waals surface area contributed by atoms with E-state index in [4.69, 9.17) is 9.15 Å². The Morgan fingerprint density at radius 2 is 1.96 bits per heavy atom. The van der Waals surface area contributed by atoms with Gasteiger partial charge in [-0.3, -0.25) is 4.79 Å². The van der Waals surface area contributed by atoms with E-state index in [0.717, 1.165) is 24.3 Å². The van der Waals surface area contributed by atoms with Crippen molar-refractivity contribution in [1.82, 2.24) is 5.32 Å². The Morgan fingerprint density at radius 1 is 1.08 bits per heavy atom. The van der Waals surface area contributed by atoms with Crippen LogP contribution in [-0.4, -0.2) is 19.2 Å². The largest absolute Gasteiger partial charge is 0.493 e. The fraction of sp³-hybridized carbons (Fsp3) is 0.318. The third-order valence-electron chi connectivity index (χ3n) is 4.91. The van der Waals surface area contributed by atoms with Crippen molar-refractivity contribution in [3.05, 3.63) is 64.8 Å². The van der Waals surface area contributed by atoms with Gasteiger partial charge in [0.2, 0.25) is 0 Å². The molecule has 4 nitrogen and oxygen atoms in total. The van der Waals surface area contributed by atoms with E-state index >= 15 is 0 Å². The SMILES string of the molecule is O=c1cc(-c2ccccc2)oc2cc(OCCC3CCCCN3)ccc12. The van der Waals surface area contributed by atoms with Crippen LogP contribution in [0.15, 0.2) is 63.8 Å². The first-order valence-corrected chi connectivity index (χ1v) is 9.29. The van der Waals surface area contributed by atoms with E-state index in [2.05, 4.69) is 5.32 Å². The Kier molecular flexibility index (Phi) is 5.02. The van der Waals surface area contributed by atoms with Gasteiger partial charge in [0.25, 0.3) is 0 Å². The maximum atomic E-state index is 12.4. The smallest absolute Gasteiger partial charge is 0.193 e. The first-order chi connectivity index (χ1) is 12.8. The summed E-state index contributed by atoms with van der Waals surface area (Å²) in [6, 6.07) is 17.2. The molecule has 2 heterocycles. The monoisotopic (exact) mass is 349 g/mol. The first-order valence-electron chi connectivity index (χ1n) is 9.29. The van der Waals surface area contributed by atoms with Crippen LogP contribution >= 0.6 is 0 Å². The maximum absolute atomic E-state index is 12.4. The average Bonchev–Trinajstić information content (AvgIpc) is 2.69. The fourth-order valence-electron chi connectivity index (χ4n) is 3.46. The van der Waals surface area contributed by atoms with E-state index in [9.17, 15) is 4.79 Å². The van der Waals surface area contributed by atoms with E-state index in [1.807, 2.05) is 42.5 Å². The van der Waals surface area contributed by atoms with Gasteiger partial charge >= 0.3 is 0 Å². The molecule has 1 saturated heterocycles. The molecule has 0 radical (unpaired) electrons. The lowest BCUT2D eigenvalue weighted by Gasteiger charge is -2.23. The predicted octanol–water partition coefficient (Wildman–Crippen LogP) is 4.37. The number of piperidine rings is 1. The summed E-state index contributed by atoms with van der Waals surface area (Å²) in [6.45, 7) is 1.76. The quantitative estimate of drug-likeness (QED) is 0.743. The molecule has 1 fully saturated rings. The number of nitrogens with one attached hydrogen (secondary N) is 1. The third kappa shape index (κ3) is 3.81. The number of hydrogen-bond acceptors (Lipinski definition) is 4. The Bertz CT molecular complexity index is 927. The highest BCUT2D eigenvalue weighted by Crippen LogP contribution is 2.25. The van der Waals surface area contributed by atoms with Crippen LogP contribution in [0.2, 0.25) is 0 Å². The summed E-state index contributed by atoms with van der Waals surface area (Å²) in [6.07, 6.45) is 4.77. The molecule has 1 N–H and O–H groups in total. The van der Waals surface area contributed by atoms with E-state index in [-0.39, 0.29) is 5.43 Å². The van der Waals surface area contributed by atoms with Gasteiger partial charge in [0.15, 0.2) is 5.43 Å². The zero-order chi connectivity index (χ0) is 17.8. The lowest BCUT2D eigenvalue weighted by Crippen LogP contribution is -2.35. The van der Waals surface area contributed by atoms with Crippen LogP contribution in [-0.2, 0) is 0 Å². The van der Waals surface area contributed by atoms with E-state index in [1.54, 1.807) is 12.1 Å². The second kappa shape index (κ2) is 7.75. The predicted molar refractivity (Wildman–Crippen MR) is 104 cm³/mol. The number of ether oxygens (including phenoxy) is 1. The maximum Gasteiger partial charge on any atom is 0.193 e. The molecule has 1 aromatic heterocycles. The topological polar surface area (TPSA) is 51.5 Å². The fourth-order valence-corrected chi connectivity index (χ4v) is 3.46. The molecule has 3 aromatic rings. The van der Waals surface area contributed by atoms with E-state index < -0.39 is 0 Å². The minimum atomic E-state index is -0.0388. The molecule has 2 aromatic carbocycles. The average molecular weight is 349 g/mol. The van der Waals surface area contributed by atoms with Gasteiger partial charge in [-0.2, -0.15) is 0 Å². The summed E-state index contributed by atoms with van der Waals surface area (Å²) >= 11 is 0. The van der Waals surface area contributed by atoms with Gasteiger partial charge in [-0.25, -0.2) is 0 Å². The van der Waals surface area contributed by atoms with Crippen molar-refractivity contribution < 1.29 is 9.15 Å². The van der Waals surface area contributed by atoms with Crippen molar-refractivity contribution in [3.63, 3.8) is 0 Å². The van der Waals surface area contributed by atoms with Crippen LogP contribution in [0.25, 0.3) is 22.3 Å². The lowest BCUT2D eigenvalue weighted by atomic mass is 10.0. The van der Waals surface area contributed by atoms with E-state index in [1.165, 1.54) is 19.3 Å². The van der Waals surface area contributed by atoms with Crippen molar-refractivity contribution in [2.75, 3.05) is 13.2 Å². The lowest BCUT2D eigenvalue weighted by molar-refractivity contribution is 0.268. The third-order valence-corrected chi connectivity index (χ3v) is 4.91. The van der Waals surface area contributed by atoms with Crippen molar-refractivity contribution in [2.24, 2.45) is 0 Å². The molecular formula is C22H23NO3. The molecule has 1 aliphatic heterocycles. The molecule has 0 aliphatic carbocycles. The first kappa shape index (κ1) is 16.9. The highest BCUT2D eigenvalue weighted by atomic mass is 16.5. The molecule has 0 spiro atoms. The van der Waals surface area contributed by atoms with Crippen molar-refractivity contribution in [3.8, 4) is 17.1 Å². The summed E-state index contributed by atoms with van der Waals surface area (Å²) in [5.74, 6) is 1.31. The molecular weight excluding hydrogens is 326 g/mol. The highest BCUT2D eigenvalue weighted by Gasteiger charge is 2.12. The van der Waals surface area contributed by atoms with Gasteiger partial charge in [-0.1, -0.05) is 36.8 Å². The number of benzene rings is 2. The Labute approximate surface area is 152 Å². The second-order valence-electron chi connectivity index (χ2n) is 6.78. The van der Waals surface area contributed by atoms with Crippen LogP contribution in [0, 0.1) is 0 Å². The van der Waals surface area contributed by atoms with Crippen molar-refractivity contribution >= 4 is 11.0 Å². The number of hydrogen-bond donors (Lipinski definition) is 1. The van der Waals surface area contributed by atoms with Gasteiger partial charge < -0.3 is 14.5 Å². The summed E-state index contributed by atoms with van der Waals surface area (Å²) in [7, 11) is 0. The number of fused-ring (bicyclic) bond motifs is 1. The summed E-state index contributed by atoms with van der Waals surface area (Å²) < 4.78 is 11.9. The number of rotatable bonds is 5. The van der Waals surface area contributed by atoms with Crippen molar-refractivity contribution in [2.45, 2.75) is 31.7 Å². The molecule has 1 aliphatic rings. The minimum Gasteiger partial charge on any atom is -0.493 e. The molecule has 1 unspecified atom stereocenters. The Morgan fingerprint density at radius 3 is 2.77 bits per heavy atom. The van der Waals surface area contributed by atoms with Gasteiger partial charge in [0.1, 0.15) is 17.1 Å². The highest BCUT2D eigenvalue weighted by molar-refractivity contribution is 5.80. The zero-order valence-electron chi connectivity index (χ0n) is 14.7. The van der Waals surface area contributed by atoms with Crippen LogP contribution < -0.4 is 15.5 Å². The van der Waals surface area contributed by atoms with Crippen LogP contribution in [0.4, 0.5) is 0 Å². The Hall–Kier alpha value is -2.59. The van der Waals surface area contributed by atoms with Gasteiger partial charge in [0.05, 0.1) is 12.0 Å². The molecule has 0 bridgehead atoms. The molecule has 26 heavy (non-hydrogen) atoms. The molecule has 0 amide bonds. The second-order valence-corrected chi connectivity index (χ2v) is 6.78. The normalized spacial score (nSPS) is 17.3. The van der Waals surface area contributed by atoms with Crippen LogP contribution in [0.5, 0.6) is 5.75 Å². The van der Waals surface area contributed by atoms with Crippen LogP contribution in [0.3, 0.4) is 0 Å². The molecule has 1 atom stereocenters. The van der Waals surface area contributed by atoms with E-state index in [0.29, 0.717) is 29.4 Å². The van der Waals surface area contributed by atoms with Crippen LogP contribution in [0.1, 0.15) is 25.7 Å². The molecule has 4 rings (SSSR count). The summed E-state index contributed by atoms with van der Waals surface area (Å²) in [5, 5.41) is 4.10.